The van der Waals surface area contributed by atoms with Crippen molar-refractivity contribution in [1.82, 2.24) is 4.57 Å². The molecule has 4 fully saturated rings. The Kier molecular flexibility index (Phi) is 6.55. The predicted octanol–water partition coefficient (Wildman–Crippen LogP) is 13.6. The number of anilines is 3. The Morgan fingerprint density at radius 3 is 1.78 bits per heavy atom. The Morgan fingerprint density at radius 2 is 1.00 bits per heavy atom. The van der Waals surface area contributed by atoms with Crippen LogP contribution in [0, 0.1) is 23.7 Å². The molecule has 13 rings (SSSR count). The third-order valence-corrected chi connectivity index (χ3v) is 14.0. The minimum absolute atomic E-state index is 0.116. The molecule has 260 valence electrons. The summed E-state index contributed by atoms with van der Waals surface area (Å²) < 4.78 is 2.41. The van der Waals surface area contributed by atoms with Gasteiger partial charge in [-0.1, -0.05) is 109 Å². The summed E-state index contributed by atoms with van der Waals surface area (Å²) in [6.45, 7) is 0. The second kappa shape index (κ2) is 11.6. The van der Waals surface area contributed by atoms with Crippen molar-refractivity contribution in [2.75, 3.05) is 4.90 Å². The molecule has 7 aromatic carbocycles. The van der Waals surface area contributed by atoms with Gasteiger partial charge in [0.25, 0.3) is 0 Å². The smallest absolute Gasteiger partial charge is 0.0542 e. The molecule has 0 saturated heterocycles. The second-order valence-corrected chi connectivity index (χ2v) is 16.6. The number of para-hydroxylation sites is 2. The molecule has 0 radical (unpaired) electrons. The third-order valence-electron chi connectivity index (χ3n) is 14.0. The Labute approximate surface area is 317 Å². The fourth-order valence-electron chi connectivity index (χ4n) is 12.1. The summed E-state index contributed by atoms with van der Waals surface area (Å²) in [7, 11) is 0. The molecule has 5 aliphatic rings. The highest BCUT2D eigenvalue weighted by molar-refractivity contribution is 6.10. The molecule has 0 N–H and O–H groups in total. The molecule has 54 heavy (non-hydrogen) atoms. The van der Waals surface area contributed by atoms with Crippen LogP contribution in [0.1, 0.15) is 43.2 Å². The number of hydrogen-bond donors (Lipinski definition) is 0. The van der Waals surface area contributed by atoms with Crippen LogP contribution in [0.4, 0.5) is 17.1 Å². The van der Waals surface area contributed by atoms with Crippen molar-refractivity contribution in [2.24, 2.45) is 23.7 Å². The van der Waals surface area contributed by atoms with Gasteiger partial charge in [0.1, 0.15) is 0 Å². The number of hydrogen-bond acceptors (Lipinski definition) is 1. The molecule has 1 spiro atoms. The van der Waals surface area contributed by atoms with Crippen LogP contribution in [0.15, 0.2) is 170 Å². The lowest BCUT2D eigenvalue weighted by molar-refractivity contribution is -0.0399. The quantitative estimate of drug-likeness (QED) is 0.174. The summed E-state index contributed by atoms with van der Waals surface area (Å²) in [4.78, 5) is 2.52. The number of rotatable bonds is 5. The molecular weight excluding hydrogens is 653 g/mol. The average Bonchev–Trinajstić information content (AvgIpc) is 3.71. The minimum atomic E-state index is 0.116. The third kappa shape index (κ3) is 4.28. The van der Waals surface area contributed by atoms with Crippen LogP contribution in [-0.2, 0) is 5.41 Å². The van der Waals surface area contributed by atoms with Gasteiger partial charge >= 0.3 is 0 Å². The van der Waals surface area contributed by atoms with Crippen molar-refractivity contribution in [3.63, 3.8) is 0 Å². The molecule has 0 atom stereocenters. The van der Waals surface area contributed by atoms with E-state index in [1.807, 2.05) is 0 Å². The van der Waals surface area contributed by atoms with Crippen LogP contribution < -0.4 is 4.90 Å². The summed E-state index contributed by atoms with van der Waals surface area (Å²) in [5.41, 5.74) is 16.0. The summed E-state index contributed by atoms with van der Waals surface area (Å²) in [6.07, 6.45) is 7.01. The lowest BCUT2D eigenvalue weighted by Gasteiger charge is -2.61. The van der Waals surface area contributed by atoms with E-state index in [1.54, 1.807) is 11.1 Å². The molecule has 4 bridgehead atoms. The van der Waals surface area contributed by atoms with Crippen LogP contribution in [0.25, 0.3) is 49.7 Å². The first kappa shape index (κ1) is 30.6. The monoisotopic (exact) mass is 694 g/mol. The molecule has 0 aliphatic heterocycles. The first-order valence-corrected chi connectivity index (χ1v) is 20.0. The molecular formula is C52H42N2. The second-order valence-electron chi connectivity index (χ2n) is 16.6. The van der Waals surface area contributed by atoms with Gasteiger partial charge in [-0.05, 0) is 150 Å². The van der Waals surface area contributed by atoms with Gasteiger partial charge in [0.05, 0.1) is 11.0 Å². The lowest BCUT2D eigenvalue weighted by Crippen LogP contribution is -2.55. The number of benzene rings is 7. The first-order valence-electron chi connectivity index (χ1n) is 20.0. The topological polar surface area (TPSA) is 8.17 Å². The minimum Gasteiger partial charge on any atom is -0.310 e. The van der Waals surface area contributed by atoms with Crippen LogP contribution >= 0.6 is 0 Å². The summed E-state index contributed by atoms with van der Waals surface area (Å²) >= 11 is 0. The molecule has 2 nitrogen and oxygen atoms in total. The standard InChI is InChI=1S/C52H42N2/c1-3-11-36(12-4-1)37-19-21-41(22-20-37)53(42-24-26-51-47(32-42)46-16-8-10-18-50(46)54(51)40-13-5-2-6-14-40)43-23-25-45-44-15-7-9-17-48(44)52(49(45)33-43)38-28-34-27-35(30-38)31-39(52)29-34/h1-26,32-35,38-39H,27-31H2. The average molecular weight is 695 g/mol. The van der Waals surface area contributed by atoms with Crippen LogP contribution in [-0.4, -0.2) is 4.57 Å². The van der Waals surface area contributed by atoms with E-state index in [4.69, 9.17) is 0 Å². The van der Waals surface area contributed by atoms with Gasteiger partial charge < -0.3 is 9.47 Å². The Morgan fingerprint density at radius 1 is 0.426 bits per heavy atom. The van der Waals surface area contributed by atoms with Gasteiger partial charge in [-0.15, -0.1) is 0 Å². The lowest BCUT2D eigenvalue weighted by atomic mass is 9.43. The van der Waals surface area contributed by atoms with Crippen molar-refractivity contribution in [3.05, 3.63) is 181 Å². The highest BCUT2D eigenvalue weighted by atomic mass is 15.1. The summed E-state index contributed by atoms with van der Waals surface area (Å²) in [5, 5.41) is 2.54. The normalized spacial score (nSPS) is 23.3. The van der Waals surface area contributed by atoms with Gasteiger partial charge in [0.2, 0.25) is 0 Å². The van der Waals surface area contributed by atoms with Crippen LogP contribution in [0.2, 0.25) is 0 Å². The largest absolute Gasteiger partial charge is 0.310 e. The fraction of sp³-hybridized carbons (Fsp3) is 0.192. The van der Waals surface area contributed by atoms with Crippen molar-refractivity contribution in [1.29, 1.82) is 0 Å². The van der Waals surface area contributed by atoms with E-state index in [2.05, 4.69) is 179 Å². The van der Waals surface area contributed by atoms with Crippen LogP contribution in [0.3, 0.4) is 0 Å². The number of aromatic nitrogens is 1. The highest BCUT2D eigenvalue weighted by Gasteiger charge is 2.61. The van der Waals surface area contributed by atoms with Crippen LogP contribution in [0.5, 0.6) is 0 Å². The maximum atomic E-state index is 2.63. The molecule has 1 aromatic heterocycles. The molecule has 2 heteroatoms. The zero-order chi connectivity index (χ0) is 35.4. The highest BCUT2D eigenvalue weighted by Crippen LogP contribution is 2.69. The van der Waals surface area contributed by atoms with Crippen molar-refractivity contribution in [2.45, 2.75) is 37.5 Å². The van der Waals surface area contributed by atoms with Crippen molar-refractivity contribution >= 4 is 38.9 Å². The zero-order valence-corrected chi connectivity index (χ0v) is 30.4. The molecule has 5 aliphatic carbocycles. The van der Waals surface area contributed by atoms with E-state index in [0.29, 0.717) is 0 Å². The molecule has 8 aromatic rings. The van der Waals surface area contributed by atoms with E-state index in [9.17, 15) is 0 Å². The van der Waals surface area contributed by atoms with Gasteiger partial charge in [-0.3, -0.25) is 0 Å². The zero-order valence-electron chi connectivity index (χ0n) is 30.4. The van der Waals surface area contributed by atoms with E-state index in [0.717, 1.165) is 23.7 Å². The maximum absolute atomic E-state index is 2.63. The maximum Gasteiger partial charge on any atom is 0.0542 e. The fourth-order valence-corrected chi connectivity index (χ4v) is 12.1. The van der Waals surface area contributed by atoms with Crippen molar-refractivity contribution in [3.8, 4) is 27.9 Å². The Hall–Kier alpha value is -5.86. The summed E-state index contributed by atoms with van der Waals surface area (Å²) in [5.74, 6) is 3.29. The molecule has 4 saturated carbocycles. The SMILES string of the molecule is c1ccc(-c2ccc(N(c3ccc4c(c3)C3(c5ccccc5-4)C4CC5CC(C4)CC3C5)c3ccc4c(c3)c3ccccc3n4-c3ccccc3)cc2)cc1. The van der Waals surface area contributed by atoms with Gasteiger partial charge in [0, 0.05) is 38.9 Å². The Balaban J connectivity index is 1.07. The van der Waals surface area contributed by atoms with E-state index in [-0.39, 0.29) is 5.41 Å². The van der Waals surface area contributed by atoms with E-state index in [1.165, 1.54) is 98.9 Å². The molecule has 0 unspecified atom stereocenters. The van der Waals surface area contributed by atoms with Gasteiger partial charge in [-0.25, -0.2) is 0 Å². The molecule has 0 amide bonds. The Bertz CT molecular complexity index is 2690. The first-order chi connectivity index (χ1) is 26.7. The van der Waals surface area contributed by atoms with Crippen molar-refractivity contribution < 1.29 is 0 Å². The van der Waals surface area contributed by atoms with Gasteiger partial charge in [0.15, 0.2) is 0 Å². The number of fused-ring (bicyclic) bond motifs is 6. The summed E-state index contributed by atoms with van der Waals surface area (Å²) in [6, 6.07) is 63.7. The molecule has 1 heterocycles. The van der Waals surface area contributed by atoms with E-state index >= 15 is 0 Å². The predicted molar refractivity (Wildman–Crippen MR) is 224 cm³/mol. The van der Waals surface area contributed by atoms with Gasteiger partial charge in [-0.2, -0.15) is 0 Å². The number of nitrogens with zero attached hydrogens (tertiary/aromatic N) is 2. The van der Waals surface area contributed by atoms with E-state index < -0.39 is 0 Å².